The van der Waals surface area contributed by atoms with Crippen LogP contribution in [0.5, 0.6) is 0 Å². The monoisotopic (exact) mass is 262 g/mol. The molecule has 104 valence electrons. The molecule has 0 unspecified atom stereocenters. The van der Waals surface area contributed by atoms with Gasteiger partial charge in [-0.3, -0.25) is 9.69 Å². The molecule has 0 bridgehead atoms. The first-order chi connectivity index (χ1) is 9.16. The lowest BCUT2D eigenvalue weighted by Gasteiger charge is -2.32. The molecule has 1 saturated heterocycles. The van der Waals surface area contributed by atoms with Gasteiger partial charge in [-0.15, -0.1) is 0 Å². The molecule has 0 saturated carbocycles. The second-order valence-corrected chi connectivity index (χ2v) is 5.04. The number of amides is 1. The normalized spacial score (nSPS) is 17.4. The summed E-state index contributed by atoms with van der Waals surface area (Å²) >= 11 is 0. The molecule has 0 aromatic carbocycles. The standard InChI is InChI=1S/C14H22N4O/c1-16-9-11-18(12-10-16)8-6-14(19)17(2)13-5-3-4-7-15-13/h3-5,7H,6,8-12H2,1-2H3. The van der Waals surface area contributed by atoms with Crippen molar-refractivity contribution in [1.29, 1.82) is 0 Å². The van der Waals surface area contributed by atoms with Gasteiger partial charge in [-0.25, -0.2) is 4.98 Å². The maximum atomic E-state index is 12.1. The van der Waals surface area contributed by atoms with Crippen molar-refractivity contribution in [2.24, 2.45) is 0 Å². The Balaban J connectivity index is 1.78. The maximum absolute atomic E-state index is 12.1. The van der Waals surface area contributed by atoms with E-state index in [1.54, 1.807) is 18.1 Å². The molecule has 0 N–H and O–H groups in total. The van der Waals surface area contributed by atoms with Gasteiger partial charge in [0.05, 0.1) is 0 Å². The van der Waals surface area contributed by atoms with Crippen LogP contribution < -0.4 is 4.90 Å². The number of rotatable bonds is 4. The molecule has 0 radical (unpaired) electrons. The van der Waals surface area contributed by atoms with Gasteiger partial charge in [0.25, 0.3) is 0 Å². The Hall–Kier alpha value is -1.46. The molecule has 2 rings (SSSR count). The van der Waals surface area contributed by atoms with E-state index in [0.29, 0.717) is 12.2 Å². The van der Waals surface area contributed by atoms with Crippen LogP contribution in [0.2, 0.25) is 0 Å². The molecule has 1 aromatic heterocycles. The molecular weight excluding hydrogens is 240 g/mol. The number of anilines is 1. The highest BCUT2D eigenvalue weighted by atomic mass is 16.2. The number of nitrogens with zero attached hydrogens (tertiary/aromatic N) is 4. The molecule has 1 aliphatic heterocycles. The third-order valence-corrected chi connectivity index (χ3v) is 3.60. The van der Waals surface area contributed by atoms with Gasteiger partial charge in [0.2, 0.25) is 5.91 Å². The molecule has 1 fully saturated rings. The summed E-state index contributed by atoms with van der Waals surface area (Å²) in [7, 11) is 3.92. The summed E-state index contributed by atoms with van der Waals surface area (Å²) in [5, 5.41) is 0. The number of aromatic nitrogens is 1. The van der Waals surface area contributed by atoms with Crippen molar-refractivity contribution in [2.45, 2.75) is 6.42 Å². The Kier molecular flexibility index (Phi) is 4.87. The molecule has 0 aliphatic carbocycles. The summed E-state index contributed by atoms with van der Waals surface area (Å²) in [6.45, 7) is 5.12. The number of carbonyl (C=O) groups excluding carboxylic acids is 1. The van der Waals surface area contributed by atoms with E-state index >= 15 is 0 Å². The minimum atomic E-state index is 0.123. The van der Waals surface area contributed by atoms with Crippen molar-refractivity contribution < 1.29 is 4.79 Å². The quantitative estimate of drug-likeness (QED) is 0.800. The SMILES string of the molecule is CN1CCN(CCC(=O)N(C)c2ccccn2)CC1. The molecule has 5 heteroatoms. The van der Waals surface area contributed by atoms with Gasteiger partial charge in [-0.1, -0.05) is 6.07 Å². The smallest absolute Gasteiger partial charge is 0.229 e. The second kappa shape index (κ2) is 6.63. The van der Waals surface area contributed by atoms with Crippen LogP contribution in [0, 0.1) is 0 Å². The van der Waals surface area contributed by atoms with Gasteiger partial charge in [-0.05, 0) is 19.2 Å². The van der Waals surface area contributed by atoms with Gasteiger partial charge in [0.1, 0.15) is 5.82 Å². The first-order valence-electron chi connectivity index (χ1n) is 6.75. The Morgan fingerprint density at radius 3 is 2.68 bits per heavy atom. The van der Waals surface area contributed by atoms with E-state index < -0.39 is 0 Å². The minimum absolute atomic E-state index is 0.123. The average Bonchev–Trinajstić information content (AvgIpc) is 2.46. The first-order valence-corrected chi connectivity index (χ1v) is 6.75. The number of hydrogen-bond donors (Lipinski definition) is 0. The number of pyridine rings is 1. The van der Waals surface area contributed by atoms with Crippen molar-refractivity contribution in [2.75, 3.05) is 51.7 Å². The zero-order valence-corrected chi connectivity index (χ0v) is 11.7. The number of piperazine rings is 1. The highest BCUT2D eigenvalue weighted by Gasteiger charge is 2.17. The summed E-state index contributed by atoms with van der Waals surface area (Å²) in [5.74, 6) is 0.837. The van der Waals surface area contributed by atoms with Crippen LogP contribution in [0.3, 0.4) is 0 Å². The highest BCUT2D eigenvalue weighted by molar-refractivity contribution is 5.91. The fourth-order valence-corrected chi connectivity index (χ4v) is 2.17. The van der Waals surface area contributed by atoms with Crippen LogP contribution in [-0.2, 0) is 4.79 Å². The fourth-order valence-electron chi connectivity index (χ4n) is 2.17. The van der Waals surface area contributed by atoms with Crippen molar-refractivity contribution in [3.63, 3.8) is 0 Å². The summed E-state index contributed by atoms with van der Waals surface area (Å²) in [4.78, 5) is 22.6. The molecule has 0 spiro atoms. The van der Waals surface area contributed by atoms with Crippen LogP contribution in [0.4, 0.5) is 5.82 Å². The molecule has 5 nitrogen and oxygen atoms in total. The third-order valence-electron chi connectivity index (χ3n) is 3.60. The highest BCUT2D eigenvalue weighted by Crippen LogP contribution is 2.09. The van der Waals surface area contributed by atoms with Crippen molar-refractivity contribution in [1.82, 2.24) is 14.8 Å². The summed E-state index contributed by atoms with van der Waals surface area (Å²) in [5.41, 5.74) is 0. The maximum Gasteiger partial charge on any atom is 0.229 e. The zero-order chi connectivity index (χ0) is 13.7. The molecule has 1 amide bonds. The summed E-state index contributed by atoms with van der Waals surface area (Å²) in [6, 6.07) is 5.60. The van der Waals surface area contributed by atoms with Crippen molar-refractivity contribution in [3.05, 3.63) is 24.4 Å². The molecule has 1 aliphatic rings. The predicted octanol–water partition coefficient (Wildman–Crippen LogP) is 0.682. The molecule has 0 atom stereocenters. The zero-order valence-electron chi connectivity index (χ0n) is 11.7. The van der Waals surface area contributed by atoms with Crippen LogP contribution in [0.15, 0.2) is 24.4 Å². The Bertz CT molecular complexity index is 401. The molecule has 19 heavy (non-hydrogen) atoms. The topological polar surface area (TPSA) is 39.7 Å². The van der Waals surface area contributed by atoms with Crippen molar-refractivity contribution in [3.8, 4) is 0 Å². The van der Waals surface area contributed by atoms with E-state index in [1.165, 1.54) is 0 Å². The van der Waals surface area contributed by atoms with E-state index in [0.717, 1.165) is 32.7 Å². The molecular formula is C14H22N4O. The number of likely N-dealkylation sites (N-methyl/N-ethyl adjacent to an activating group) is 1. The minimum Gasteiger partial charge on any atom is -0.304 e. The molecule has 1 aromatic rings. The molecule has 2 heterocycles. The predicted molar refractivity (Wildman–Crippen MR) is 76.2 cm³/mol. The Labute approximate surface area is 114 Å². The number of hydrogen-bond acceptors (Lipinski definition) is 4. The van der Waals surface area contributed by atoms with Gasteiger partial charge in [0.15, 0.2) is 0 Å². The van der Waals surface area contributed by atoms with Crippen LogP contribution >= 0.6 is 0 Å². The summed E-state index contributed by atoms with van der Waals surface area (Å²) in [6.07, 6.45) is 2.26. The third kappa shape index (κ3) is 4.01. The van der Waals surface area contributed by atoms with E-state index in [-0.39, 0.29) is 5.91 Å². The Morgan fingerprint density at radius 2 is 2.05 bits per heavy atom. The van der Waals surface area contributed by atoms with E-state index in [2.05, 4.69) is 21.8 Å². The lowest BCUT2D eigenvalue weighted by atomic mass is 10.3. The van der Waals surface area contributed by atoms with Gasteiger partial charge >= 0.3 is 0 Å². The van der Waals surface area contributed by atoms with Gasteiger partial charge in [0, 0.05) is 52.4 Å². The largest absolute Gasteiger partial charge is 0.304 e. The first kappa shape index (κ1) is 14.0. The fraction of sp³-hybridized carbons (Fsp3) is 0.571. The Morgan fingerprint density at radius 1 is 1.32 bits per heavy atom. The van der Waals surface area contributed by atoms with Gasteiger partial charge < -0.3 is 9.80 Å². The van der Waals surface area contributed by atoms with Gasteiger partial charge in [-0.2, -0.15) is 0 Å². The lowest BCUT2D eigenvalue weighted by Crippen LogP contribution is -2.45. The summed E-state index contributed by atoms with van der Waals surface area (Å²) < 4.78 is 0. The average molecular weight is 262 g/mol. The van der Waals surface area contributed by atoms with Crippen molar-refractivity contribution >= 4 is 11.7 Å². The van der Waals surface area contributed by atoms with E-state index in [1.807, 2.05) is 18.2 Å². The number of carbonyl (C=O) groups is 1. The van der Waals surface area contributed by atoms with Crippen LogP contribution in [0.1, 0.15) is 6.42 Å². The van der Waals surface area contributed by atoms with E-state index in [4.69, 9.17) is 0 Å². The van der Waals surface area contributed by atoms with Crippen LogP contribution in [0.25, 0.3) is 0 Å². The second-order valence-electron chi connectivity index (χ2n) is 5.04. The lowest BCUT2D eigenvalue weighted by molar-refractivity contribution is -0.118. The van der Waals surface area contributed by atoms with E-state index in [9.17, 15) is 4.79 Å². The van der Waals surface area contributed by atoms with Crippen LogP contribution in [-0.4, -0.2) is 67.5 Å².